The number of hydrogen-bond donors (Lipinski definition) is 1. The van der Waals surface area contributed by atoms with E-state index in [1.165, 1.54) is 0 Å². The first kappa shape index (κ1) is 21.9. The Hall–Kier alpha value is -2.87. The van der Waals surface area contributed by atoms with Gasteiger partial charge in [-0.05, 0) is 36.4 Å². The smallest absolute Gasteiger partial charge is 0.139 e. The van der Waals surface area contributed by atoms with E-state index in [0.717, 1.165) is 46.0 Å². The molecule has 0 aromatic heterocycles. The number of benzene rings is 3. The minimum Gasteiger partial charge on any atom is -0.855 e. The van der Waals surface area contributed by atoms with Gasteiger partial charge in [0.2, 0.25) is 0 Å². The van der Waals surface area contributed by atoms with Crippen LogP contribution in [0.15, 0.2) is 81.3 Å². The van der Waals surface area contributed by atoms with Crippen LogP contribution in [-0.4, -0.2) is 54.5 Å². The van der Waals surface area contributed by atoms with E-state index in [0.29, 0.717) is 28.3 Å². The van der Waals surface area contributed by atoms with Gasteiger partial charge in [0.05, 0.1) is 37.4 Å². The largest absolute Gasteiger partial charge is 0.855 e. The molecule has 168 valence electrons. The predicted octanol–water partition coefficient (Wildman–Crippen LogP) is 4.72. The standard InChI is InChI=1S/C25H23BrClN5O/c1-32(30-25(33)18-6-2-4-8-20(18)26)14-12-31(13-15-32)24-19-7-3-5-9-21(19)28-22-11-10-17(27)16-23(22)29-24/h2-11,16H,12-15H2,1H3,(H-,28,29,30,33). The Balaban J connectivity index is 1.43. The molecule has 33 heavy (non-hydrogen) atoms. The molecule has 1 saturated heterocycles. The molecule has 1 N–H and O–H groups in total. The molecule has 0 atom stereocenters. The molecule has 2 heterocycles. The summed E-state index contributed by atoms with van der Waals surface area (Å²) in [4.78, 5) is 7.29. The van der Waals surface area contributed by atoms with Gasteiger partial charge in [-0.1, -0.05) is 63.0 Å². The number of halogens is 2. The maximum absolute atomic E-state index is 12.8. The summed E-state index contributed by atoms with van der Waals surface area (Å²) in [6.45, 7) is 2.86. The Morgan fingerprint density at radius 2 is 1.79 bits per heavy atom. The molecule has 0 amide bonds. The maximum Gasteiger partial charge on any atom is 0.139 e. The molecule has 0 radical (unpaired) electrons. The maximum atomic E-state index is 12.8. The molecule has 1 fully saturated rings. The molecule has 3 aromatic rings. The summed E-state index contributed by atoms with van der Waals surface area (Å²) in [7, 11) is 2.01. The zero-order valence-electron chi connectivity index (χ0n) is 18.1. The molecule has 2 aliphatic heterocycles. The van der Waals surface area contributed by atoms with Crippen molar-refractivity contribution in [3.8, 4) is 0 Å². The number of rotatable bonds is 2. The Morgan fingerprint density at radius 1 is 1.06 bits per heavy atom. The van der Waals surface area contributed by atoms with Crippen molar-refractivity contribution in [2.75, 3.05) is 38.5 Å². The average molecular weight is 525 g/mol. The number of piperazine rings is 1. The van der Waals surface area contributed by atoms with Gasteiger partial charge in [-0.25, -0.2) is 4.99 Å². The van der Waals surface area contributed by atoms with E-state index in [2.05, 4.69) is 43.4 Å². The fourth-order valence-corrected chi connectivity index (χ4v) is 4.79. The van der Waals surface area contributed by atoms with Crippen molar-refractivity contribution >= 4 is 56.3 Å². The topological polar surface area (TPSA) is 63.1 Å². The van der Waals surface area contributed by atoms with Crippen molar-refractivity contribution in [2.24, 2.45) is 10.1 Å². The molecule has 5 rings (SSSR count). The first-order valence-corrected chi connectivity index (χ1v) is 12.0. The molecule has 0 spiro atoms. The van der Waals surface area contributed by atoms with Crippen molar-refractivity contribution in [2.45, 2.75) is 0 Å². The first-order valence-electron chi connectivity index (χ1n) is 10.8. The summed E-state index contributed by atoms with van der Waals surface area (Å²) >= 11 is 9.72. The molecule has 0 saturated carbocycles. The number of anilines is 2. The molecule has 6 nitrogen and oxygen atoms in total. The molecule has 8 heteroatoms. The fourth-order valence-electron chi connectivity index (χ4n) is 4.17. The van der Waals surface area contributed by atoms with Gasteiger partial charge in [-0.2, -0.15) is 4.59 Å². The lowest BCUT2D eigenvalue weighted by atomic mass is 10.1. The second-order valence-corrected chi connectivity index (χ2v) is 9.72. The molecule has 2 aliphatic rings. The monoisotopic (exact) mass is 523 g/mol. The average Bonchev–Trinajstić information content (AvgIpc) is 2.96. The number of likely N-dealkylation sites (N-methyl/N-ethyl adjacent to an activating group) is 1. The highest BCUT2D eigenvalue weighted by Gasteiger charge is 2.32. The van der Waals surface area contributed by atoms with E-state index >= 15 is 0 Å². The van der Waals surface area contributed by atoms with Gasteiger partial charge in [0, 0.05) is 26.3 Å². The van der Waals surface area contributed by atoms with E-state index in [9.17, 15) is 5.11 Å². The van der Waals surface area contributed by atoms with Crippen LogP contribution < -0.4 is 10.4 Å². The Labute approximate surface area is 206 Å². The van der Waals surface area contributed by atoms with Crippen molar-refractivity contribution in [3.63, 3.8) is 0 Å². The lowest BCUT2D eigenvalue weighted by molar-refractivity contribution is -0.920. The SMILES string of the molecule is C[N+]1(/N=C(\[O-])c2ccccc2Br)CCN(C2=Nc3cc(Cl)ccc3Nc3ccccc32)CC1. The van der Waals surface area contributed by atoms with Crippen LogP contribution in [0.25, 0.3) is 0 Å². The van der Waals surface area contributed by atoms with Crippen molar-refractivity contribution < 1.29 is 9.70 Å². The normalized spacial score (nSPS) is 17.4. The summed E-state index contributed by atoms with van der Waals surface area (Å²) in [5.41, 5.74) is 4.37. The number of quaternary nitrogens is 1. The van der Waals surface area contributed by atoms with E-state index in [-0.39, 0.29) is 5.90 Å². The van der Waals surface area contributed by atoms with Gasteiger partial charge in [0.1, 0.15) is 18.9 Å². The van der Waals surface area contributed by atoms with Gasteiger partial charge < -0.3 is 15.3 Å². The fraction of sp³-hybridized carbons (Fsp3) is 0.200. The molecular weight excluding hydrogens is 502 g/mol. The minimum atomic E-state index is -0.205. The number of hydrogen-bond acceptors (Lipinski definition) is 5. The summed E-state index contributed by atoms with van der Waals surface area (Å²) in [5.74, 6) is 0.700. The van der Waals surface area contributed by atoms with Crippen molar-refractivity contribution in [1.29, 1.82) is 0 Å². The number of para-hydroxylation sites is 1. The minimum absolute atomic E-state index is 0.205. The second kappa shape index (κ2) is 8.82. The third-order valence-corrected chi connectivity index (χ3v) is 6.99. The van der Waals surface area contributed by atoms with E-state index < -0.39 is 0 Å². The molecule has 0 unspecified atom stereocenters. The summed E-state index contributed by atoms with van der Waals surface area (Å²) in [5, 5.41) is 21.5. The number of nitrogens with zero attached hydrogens (tertiary/aromatic N) is 4. The lowest BCUT2D eigenvalue weighted by Gasteiger charge is -2.39. The quantitative estimate of drug-likeness (QED) is 0.300. The Bertz CT molecular complexity index is 1270. The summed E-state index contributed by atoms with van der Waals surface area (Å²) < 4.78 is 1.10. The van der Waals surface area contributed by atoms with E-state index in [1.54, 1.807) is 6.07 Å². The van der Waals surface area contributed by atoms with Crippen LogP contribution in [0.4, 0.5) is 17.1 Å². The second-order valence-electron chi connectivity index (χ2n) is 8.43. The van der Waals surface area contributed by atoms with Crippen LogP contribution in [0.1, 0.15) is 11.1 Å². The van der Waals surface area contributed by atoms with Crippen LogP contribution in [0.5, 0.6) is 0 Å². The van der Waals surface area contributed by atoms with Gasteiger partial charge in [0.25, 0.3) is 0 Å². The Kier molecular flexibility index (Phi) is 5.86. The van der Waals surface area contributed by atoms with E-state index in [4.69, 9.17) is 16.6 Å². The molecular formula is C25H23BrClN5O. The number of amidine groups is 1. The number of nitrogens with one attached hydrogen (secondary N) is 1. The highest BCUT2D eigenvalue weighted by Crippen LogP contribution is 2.36. The van der Waals surface area contributed by atoms with Crippen LogP contribution in [0.2, 0.25) is 5.02 Å². The number of aliphatic imine (C=N–C) groups is 1. The highest BCUT2D eigenvalue weighted by atomic mass is 79.9. The van der Waals surface area contributed by atoms with Crippen LogP contribution in [-0.2, 0) is 0 Å². The third kappa shape index (κ3) is 4.49. The van der Waals surface area contributed by atoms with Crippen LogP contribution in [0.3, 0.4) is 0 Å². The van der Waals surface area contributed by atoms with Gasteiger partial charge >= 0.3 is 0 Å². The van der Waals surface area contributed by atoms with Crippen LogP contribution in [0, 0.1) is 0 Å². The highest BCUT2D eigenvalue weighted by molar-refractivity contribution is 9.10. The van der Waals surface area contributed by atoms with Gasteiger partial charge in [0.15, 0.2) is 0 Å². The molecule has 0 aliphatic carbocycles. The molecule has 3 aromatic carbocycles. The van der Waals surface area contributed by atoms with E-state index in [1.807, 2.05) is 55.6 Å². The van der Waals surface area contributed by atoms with Crippen molar-refractivity contribution in [3.05, 3.63) is 87.4 Å². The summed E-state index contributed by atoms with van der Waals surface area (Å²) in [6.07, 6.45) is 0. The summed E-state index contributed by atoms with van der Waals surface area (Å²) in [6, 6.07) is 21.3. The van der Waals surface area contributed by atoms with Gasteiger partial charge in [-0.3, -0.25) is 0 Å². The zero-order valence-corrected chi connectivity index (χ0v) is 20.5. The molecule has 0 bridgehead atoms. The Morgan fingerprint density at radius 3 is 2.58 bits per heavy atom. The van der Waals surface area contributed by atoms with Crippen LogP contribution >= 0.6 is 27.5 Å². The van der Waals surface area contributed by atoms with Gasteiger partial charge in [-0.15, -0.1) is 0 Å². The zero-order chi connectivity index (χ0) is 23.0. The predicted molar refractivity (Wildman–Crippen MR) is 136 cm³/mol. The number of fused-ring (bicyclic) bond motifs is 2. The van der Waals surface area contributed by atoms with Crippen molar-refractivity contribution in [1.82, 2.24) is 4.90 Å². The third-order valence-electron chi connectivity index (χ3n) is 6.06. The first-order chi connectivity index (χ1) is 15.9. The lowest BCUT2D eigenvalue weighted by Crippen LogP contribution is -2.56.